The SMILES string of the molecule is O=C(CCl)NCc1cc(=O)[nH][nH]1. The maximum absolute atomic E-state index is 10.6. The van der Waals surface area contributed by atoms with Crippen LogP contribution in [-0.2, 0) is 11.3 Å². The molecular formula is C6H8ClN3O2. The molecule has 6 heteroatoms. The lowest BCUT2D eigenvalue weighted by Gasteiger charge is -1.98. The summed E-state index contributed by atoms with van der Waals surface area (Å²) in [5, 5.41) is 7.44. The zero-order chi connectivity index (χ0) is 8.97. The van der Waals surface area contributed by atoms with Crippen molar-refractivity contribution in [2.75, 3.05) is 5.88 Å². The fraction of sp³-hybridized carbons (Fsp3) is 0.333. The first-order valence-electron chi connectivity index (χ1n) is 3.31. The molecule has 1 aromatic heterocycles. The van der Waals surface area contributed by atoms with E-state index in [-0.39, 0.29) is 23.9 Å². The Morgan fingerprint density at radius 1 is 1.58 bits per heavy atom. The van der Waals surface area contributed by atoms with E-state index in [4.69, 9.17) is 11.6 Å². The lowest BCUT2D eigenvalue weighted by molar-refractivity contribution is -0.118. The summed E-state index contributed by atoms with van der Waals surface area (Å²) in [6.07, 6.45) is 0. The minimum absolute atomic E-state index is 0.0747. The average molecular weight is 190 g/mol. The number of hydrogen-bond donors (Lipinski definition) is 3. The van der Waals surface area contributed by atoms with Crippen molar-refractivity contribution in [3.05, 3.63) is 22.1 Å². The lowest BCUT2D eigenvalue weighted by atomic mass is 10.4. The minimum atomic E-state index is -0.265. The summed E-state index contributed by atoms with van der Waals surface area (Å²) in [6, 6.07) is 1.37. The molecule has 1 amide bonds. The molecule has 0 aliphatic heterocycles. The predicted octanol–water partition coefficient (Wildman–Crippen LogP) is -0.442. The largest absolute Gasteiger partial charge is 0.349 e. The normalized spacial score (nSPS) is 9.75. The smallest absolute Gasteiger partial charge is 0.264 e. The third kappa shape index (κ3) is 2.43. The molecule has 12 heavy (non-hydrogen) atoms. The first kappa shape index (κ1) is 8.86. The minimum Gasteiger partial charge on any atom is -0.349 e. The summed E-state index contributed by atoms with van der Waals surface area (Å²) in [6.45, 7) is 0.282. The van der Waals surface area contributed by atoms with Crippen molar-refractivity contribution >= 4 is 17.5 Å². The molecule has 5 nitrogen and oxygen atoms in total. The highest BCUT2D eigenvalue weighted by Crippen LogP contribution is 1.85. The molecule has 66 valence electrons. The summed E-state index contributed by atoms with van der Waals surface area (Å²) in [5.41, 5.74) is 0.406. The van der Waals surface area contributed by atoms with E-state index in [1.54, 1.807) is 0 Å². The fourth-order valence-corrected chi connectivity index (χ4v) is 0.803. The number of halogens is 1. The van der Waals surface area contributed by atoms with Gasteiger partial charge in [0.05, 0.1) is 12.2 Å². The monoisotopic (exact) mass is 189 g/mol. The van der Waals surface area contributed by atoms with Gasteiger partial charge in [0, 0.05) is 6.07 Å². The molecule has 0 atom stereocenters. The first-order valence-corrected chi connectivity index (χ1v) is 3.85. The number of nitrogens with one attached hydrogen (secondary N) is 3. The summed E-state index contributed by atoms with van der Waals surface area (Å²) < 4.78 is 0. The number of aromatic amines is 2. The fourth-order valence-electron chi connectivity index (χ4n) is 0.709. The summed E-state index contributed by atoms with van der Waals surface area (Å²) in [7, 11) is 0. The summed E-state index contributed by atoms with van der Waals surface area (Å²) in [5.74, 6) is -0.340. The van der Waals surface area contributed by atoms with E-state index in [0.717, 1.165) is 0 Å². The highest BCUT2D eigenvalue weighted by molar-refractivity contribution is 6.27. The molecule has 0 aromatic carbocycles. The third-order valence-electron chi connectivity index (χ3n) is 1.25. The van der Waals surface area contributed by atoms with Crippen molar-refractivity contribution < 1.29 is 4.79 Å². The highest BCUT2D eigenvalue weighted by atomic mass is 35.5. The molecule has 0 saturated heterocycles. The summed E-state index contributed by atoms with van der Waals surface area (Å²) in [4.78, 5) is 21.2. The quantitative estimate of drug-likeness (QED) is 0.564. The van der Waals surface area contributed by atoms with Gasteiger partial charge in [-0.2, -0.15) is 0 Å². The molecule has 0 saturated carbocycles. The molecule has 0 aliphatic rings. The highest BCUT2D eigenvalue weighted by Gasteiger charge is 1.99. The van der Waals surface area contributed by atoms with Crippen LogP contribution in [0.5, 0.6) is 0 Å². The van der Waals surface area contributed by atoms with Crippen molar-refractivity contribution in [1.29, 1.82) is 0 Å². The second kappa shape index (κ2) is 3.96. The molecule has 0 aliphatic carbocycles. The van der Waals surface area contributed by atoms with Gasteiger partial charge >= 0.3 is 0 Å². The van der Waals surface area contributed by atoms with E-state index in [9.17, 15) is 9.59 Å². The van der Waals surface area contributed by atoms with E-state index in [1.165, 1.54) is 6.07 Å². The van der Waals surface area contributed by atoms with Crippen LogP contribution in [0.2, 0.25) is 0 Å². The standard InChI is InChI=1S/C6H8ClN3O2/c7-2-6(12)8-3-4-1-5(11)10-9-4/h1H,2-3H2,(H,8,12)(H2,9,10,11). The molecule has 0 spiro atoms. The van der Waals surface area contributed by atoms with Gasteiger partial charge in [0.2, 0.25) is 5.91 Å². The zero-order valence-electron chi connectivity index (χ0n) is 6.19. The van der Waals surface area contributed by atoms with Crippen molar-refractivity contribution in [2.45, 2.75) is 6.54 Å². The van der Waals surface area contributed by atoms with Gasteiger partial charge in [-0.05, 0) is 0 Å². The molecule has 1 heterocycles. The number of carbonyl (C=O) groups excluding carboxylic acids is 1. The van der Waals surface area contributed by atoms with Crippen molar-refractivity contribution in [1.82, 2.24) is 15.5 Å². The van der Waals surface area contributed by atoms with Crippen molar-refractivity contribution in [2.24, 2.45) is 0 Å². The van der Waals surface area contributed by atoms with Gasteiger partial charge in [0.1, 0.15) is 5.88 Å². The van der Waals surface area contributed by atoms with Crippen molar-refractivity contribution in [3.63, 3.8) is 0 Å². The Balaban J connectivity index is 2.43. The molecule has 0 unspecified atom stereocenters. The lowest BCUT2D eigenvalue weighted by Crippen LogP contribution is -2.23. The van der Waals surface area contributed by atoms with E-state index < -0.39 is 0 Å². The second-order valence-electron chi connectivity index (χ2n) is 2.19. The Morgan fingerprint density at radius 3 is 2.83 bits per heavy atom. The maximum atomic E-state index is 10.6. The third-order valence-corrected chi connectivity index (χ3v) is 1.49. The van der Waals surface area contributed by atoms with Crippen LogP contribution in [0, 0.1) is 0 Å². The number of alkyl halides is 1. The zero-order valence-corrected chi connectivity index (χ0v) is 6.94. The van der Waals surface area contributed by atoms with Gasteiger partial charge < -0.3 is 10.4 Å². The van der Waals surface area contributed by atoms with Gasteiger partial charge in [-0.1, -0.05) is 0 Å². The van der Waals surface area contributed by atoms with Gasteiger partial charge in [-0.25, -0.2) is 0 Å². The van der Waals surface area contributed by atoms with E-state index in [0.29, 0.717) is 5.69 Å². The Hall–Kier alpha value is -1.23. The van der Waals surface area contributed by atoms with Crippen LogP contribution in [0.15, 0.2) is 10.9 Å². The van der Waals surface area contributed by atoms with Crippen LogP contribution in [-0.4, -0.2) is 22.0 Å². The molecule has 1 rings (SSSR count). The number of carbonyl (C=O) groups is 1. The van der Waals surface area contributed by atoms with Gasteiger partial charge in [0.15, 0.2) is 0 Å². The topological polar surface area (TPSA) is 77.8 Å². The van der Waals surface area contributed by atoms with Crippen molar-refractivity contribution in [3.8, 4) is 0 Å². The number of aromatic nitrogens is 2. The van der Waals surface area contributed by atoms with Crippen LogP contribution in [0.3, 0.4) is 0 Å². The number of amides is 1. The molecule has 0 fully saturated rings. The average Bonchev–Trinajstić information content (AvgIpc) is 2.47. The maximum Gasteiger partial charge on any atom is 0.264 e. The Morgan fingerprint density at radius 2 is 2.33 bits per heavy atom. The van der Waals surface area contributed by atoms with Gasteiger partial charge in [-0.3, -0.25) is 14.7 Å². The van der Waals surface area contributed by atoms with E-state index in [1.807, 2.05) is 0 Å². The molecule has 3 N–H and O–H groups in total. The number of hydrogen-bond acceptors (Lipinski definition) is 2. The number of H-pyrrole nitrogens is 2. The molecule has 0 bridgehead atoms. The first-order chi connectivity index (χ1) is 5.72. The van der Waals surface area contributed by atoms with Crippen LogP contribution >= 0.6 is 11.6 Å². The predicted molar refractivity (Wildman–Crippen MR) is 44.0 cm³/mol. The van der Waals surface area contributed by atoms with Crippen LogP contribution < -0.4 is 10.9 Å². The van der Waals surface area contributed by atoms with Gasteiger partial charge in [0.25, 0.3) is 5.56 Å². The van der Waals surface area contributed by atoms with Crippen LogP contribution in [0.1, 0.15) is 5.69 Å². The second-order valence-corrected chi connectivity index (χ2v) is 2.46. The molecule has 1 aromatic rings. The Labute approximate surface area is 73.1 Å². The van der Waals surface area contributed by atoms with E-state index >= 15 is 0 Å². The molecular weight excluding hydrogens is 182 g/mol. The molecule has 0 radical (unpaired) electrons. The van der Waals surface area contributed by atoms with Crippen LogP contribution in [0.25, 0.3) is 0 Å². The Bertz CT molecular complexity index is 317. The van der Waals surface area contributed by atoms with Gasteiger partial charge in [-0.15, -0.1) is 11.6 Å². The number of rotatable bonds is 3. The summed E-state index contributed by atoms with van der Waals surface area (Å²) >= 11 is 5.23. The van der Waals surface area contributed by atoms with Crippen LogP contribution in [0.4, 0.5) is 0 Å². The van der Waals surface area contributed by atoms with E-state index in [2.05, 4.69) is 15.5 Å². The Kier molecular flexibility index (Phi) is 2.93.